The van der Waals surface area contributed by atoms with Crippen molar-refractivity contribution in [3.8, 4) is 34.7 Å². The van der Waals surface area contributed by atoms with E-state index in [1.165, 1.54) is 12.1 Å². The summed E-state index contributed by atoms with van der Waals surface area (Å²) in [4.78, 5) is 12.3. The normalized spacial score (nSPS) is 10.4. The Labute approximate surface area is 155 Å². The molecule has 4 aromatic rings. The molecule has 4 heteroatoms. The van der Waals surface area contributed by atoms with Crippen molar-refractivity contribution in [3.05, 3.63) is 94.1 Å². The SMILES string of the molecule is O=c1cc(-c2ccc(C#Cc3ccccc3)cc2)oc2cc(O)cc(O)c12. The van der Waals surface area contributed by atoms with Crippen LogP contribution in [0.15, 0.2) is 82.0 Å². The van der Waals surface area contributed by atoms with Crippen LogP contribution in [0.4, 0.5) is 0 Å². The molecule has 0 unspecified atom stereocenters. The Kier molecular flexibility index (Phi) is 4.12. The second kappa shape index (κ2) is 6.74. The number of hydrogen-bond acceptors (Lipinski definition) is 4. The molecule has 130 valence electrons. The van der Waals surface area contributed by atoms with Gasteiger partial charge < -0.3 is 14.6 Å². The Morgan fingerprint density at radius 3 is 2.15 bits per heavy atom. The smallest absolute Gasteiger partial charge is 0.197 e. The highest BCUT2D eigenvalue weighted by Crippen LogP contribution is 2.30. The minimum absolute atomic E-state index is 0.0434. The van der Waals surface area contributed by atoms with E-state index in [9.17, 15) is 15.0 Å². The summed E-state index contributed by atoms with van der Waals surface area (Å²) in [6, 6.07) is 20.7. The van der Waals surface area contributed by atoms with Gasteiger partial charge in [0.1, 0.15) is 28.2 Å². The maximum Gasteiger partial charge on any atom is 0.197 e. The van der Waals surface area contributed by atoms with Gasteiger partial charge >= 0.3 is 0 Å². The molecular formula is C23H14O4. The molecule has 0 aliphatic carbocycles. The van der Waals surface area contributed by atoms with E-state index in [4.69, 9.17) is 4.42 Å². The van der Waals surface area contributed by atoms with Crippen molar-refractivity contribution in [1.29, 1.82) is 0 Å². The topological polar surface area (TPSA) is 70.7 Å². The molecule has 4 rings (SSSR count). The first-order chi connectivity index (χ1) is 13.1. The molecule has 0 spiro atoms. The van der Waals surface area contributed by atoms with Crippen molar-refractivity contribution < 1.29 is 14.6 Å². The van der Waals surface area contributed by atoms with Gasteiger partial charge in [-0.05, 0) is 36.4 Å². The van der Waals surface area contributed by atoms with Gasteiger partial charge in [0, 0.05) is 34.9 Å². The molecule has 0 saturated carbocycles. The van der Waals surface area contributed by atoms with E-state index >= 15 is 0 Å². The van der Waals surface area contributed by atoms with Crippen molar-refractivity contribution in [2.45, 2.75) is 0 Å². The van der Waals surface area contributed by atoms with E-state index in [1.54, 1.807) is 0 Å². The summed E-state index contributed by atoms with van der Waals surface area (Å²) in [5.74, 6) is 6.04. The molecule has 0 fully saturated rings. The first kappa shape index (κ1) is 16.5. The zero-order valence-corrected chi connectivity index (χ0v) is 14.1. The zero-order valence-electron chi connectivity index (χ0n) is 14.1. The third kappa shape index (κ3) is 3.39. The molecule has 2 N–H and O–H groups in total. The number of phenolic OH excluding ortho intramolecular Hbond substituents is 2. The summed E-state index contributed by atoms with van der Waals surface area (Å²) in [5, 5.41) is 19.5. The Balaban J connectivity index is 1.70. The predicted octanol–water partition coefficient (Wildman–Crippen LogP) is 4.27. The highest BCUT2D eigenvalue weighted by Gasteiger charge is 2.12. The van der Waals surface area contributed by atoms with Crippen molar-refractivity contribution in [2.24, 2.45) is 0 Å². The number of benzene rings is 3. The van der Waals surface area contributed by atoms with Gasteiger partial charge in [-0.25, -0.2) is 0 Å². The molecule has 0 aliphatic heterocycles. The van der Waals surface area contributed by atoms with Gasteiger partial charge in [-0.2, -0.15) is 0 Å². The van der Waals surface area contributed by atoms with Gasteiger partial charge in [-0.3, -0.25) is 4.79 Å². The Hall–Kier alpha value is -3.97. The van der Waals surface area contributed by atoms with Crippen molar-refractivity contribution >= 4 is 11.0 Å². The Bertz CT molecular complexity index is 1240. The molecule has 0 saturated heterocycles. The fourth-order valence-corrected chi connectivity index (χ4v) is 2.78. The van der Waals surface area contributed by atoms with Crippen molar-refractivity contribution in [3.63, 3.8) is 0 Å². The molecule has 0 amide bonds. The maximum absolute atomic E-state index is 12.3. The standard InChI is InChI=1S/C23H14O4/c24-18-12-19(25)23-20(26)14-21(27-22(23)13-18)17-10-8-16(9-11-17)7-6-15-4-2-1-3-5-15/h1-5,8-14,24-25H. The van der Waals surface area contributed by atoms with Crippen molar-refractivity contribution in [2.75, 3.05) is 0 Å². The Morgan fingerprint density at radius 2 is 1.44 bits per heavy atom. The highest BCUT2D eigenvalue weighted by molar-refractivity contribution is 5.86. The zero-order chi connectivity index (χ0) is 18.8. The number of phenols is 2. The van der Waals surface area contributed by atoms with Crippen LogP contribution in [-0.2, 0) is 0 Å². The van der Waals surface area contributed by atoms with Crippen LogP contribution in [0.25, 0.3) is 22.3 Å². The van der Waals surface area contributed by atoms with Crippen LogP contribution in [0.2, 0.25) is 0 Å². The highest BCUT2D eigenvalue weighted by atomic mass is 16.3. The second-order valence-corrected chi connectivity index (χ2v) is 6.01. The van der Waals surface area contributed by atoms with Crippen LogP contribution in [0.1, 0.15) is 11.1 Å². The lowest BCUT2D eigenvalue weighted by Crippen LogP contribution is -2.00. The lowest BCUT2D eigenvalue weighted by atomic mass is 10.1. The molecule has 1 heterocycles. The number of aromatic hydroxyl groups is 2. The van der Waals surface area contributed by atoms with Crippen LogP contribution in [0.3, 0.4) is 0 Å². The van der Waals surface area contributed by atoms with Crippen LogP contribution in [0, 0.1) is 11.8 Å². The fourth-order valence-electron chi connectivity index (χ4n) is 2.78. The summed E-state index contributed by atoms with van der Waals surface area (Å²) in [7, 11) is 0. The molecule has 0 atom stereocenters. The average Bonchev–Trinajstić information content (AvgIpc) is 2.66. The molecular weight excluding hydrogens is 340 g/mol. The predicted molar refractivity (Wildman–Crippen MR) is 104 cm³/mol. The van der Waals surface area contributed by atoms with E-state index in [2.05, 4.69) is 11.8 Å². The van der Waals surface area contributed by atoms with E-state index in [1.807, 2.05) is 54.6 Å². The fraction of sp³-hybridized carbons (Fsp3) is 0. The maximum atomic E-state index is 12.3. The Morgan fingerprint density at radius 1 is 0.778 bits per heavy atom. The van der Waals surface area contributed by atoms with Crippen LogP contribution >= 0.6 is 0 Å². The van der Waals surface area contributed by atoms with E-state index in [0.29, 0.717) is 11.3 Å². The first-order valence-electron chi connectivity index (χ1n) is 8.27. The molecule has 3 aromatic carbocycles. The average molecular weight is 354 g/mol. The lowest BCUT2D eigenvalue weighted by molar-refractivity contribution is 0.452. The van der Waals surface area contributed by atoms with Gasteiger partial charge in [-0.15, -0.1) is 0 Å². The van der Waals surface area contributed by atoms with Gasteiger partial charge in [-0.1, -0.05) is 30.0 Å². The van der Waals surface area contributed by atoms with Crippen LogP contribution in [0.5, 0.6) is 11.5 Å². The van der Waals surface area contributed by atoms with Crippen molar-refractivity contribution in [1.82, 2.24) is 0 Å². The van der Waals surface area contributed by atoms with Gasteiger partial charge in [0.15, 0.2) is 5.43 Å². The van der Waals surface area contributed by atoms with E-state index in [-0.39, 0.29) is 27.9 Å². The van der Waals surface area contributed by atoms with E-state index in [0.717, 1.165) is 17.2 Å². The molecule has 0 bridgehead atoms. The van der Waals surface area contributed by atoms with Crippen LogP contribution < -0.4 is 5.43 Å². The molecule has 27 heavy (non-hydrogen) atoms. The number of rotatable bonds is 1. The third-order valence-corrected chi connectivity index (χ3v) is 4.09. The minimum Gasteiger partial charge on any atom is -0.508 e. The first-order valence-corrected chi connectivity index (χ1v) is 8.27. The van der Waals surface area contributed by atoms with E-state index < -0.39 is 0 Å². The van der Waals surface area contributed by atoms with Gasteiger partial charge in [0.2, 0.25) is 0 Å². The second-order valence-electron chi connectivity index (χ2n) is 6.01. The largest absolute Gasteiger partial charge is 0.508 e. The molecule has 1 aromatic heterocycles. The molecule has 0 radical (unpaired) electrons. The van der Waals surface area contributed by atoms with Gasteiger partial charge in [0.05, 0.1) is 0 Å². The lowest BCUT2D eigenvalue weighted by Gasteiger charge is -2.05. The number of fused-ring (bicyclic) bond motifs is 1. The summed E-state index contributed by atoms with van der Waals surface area (Å²) < 4.78 is 5.70. The third-order valence-electron chi connectivity index (χ3n) is 4.09. The quantitative estimate of drug-likeness (QED) is 0.501. The summed E-state index contributed by atoms with van der Waals surface area (Å²) >= 11 is 0. The van der Waals surface area contributed by atoms with Gasteiger partial charge in [0.25, 0.3) is 0 Å². The molecule has 4 nitrogen and oxygen atoms in total. The monoisotopic (exact) mass is 354 g/mol. The minimum atomic E-state index is -0.378. The summed E-state index contributed by atoms with van der Waals surface area (Å²) in [5.41, 5.74) is 2.21. The molecule has 0 aliphatic rings. The van der Waals surface area contributed by atoms with Crippen LogP contribution in [-0.4, -0.2) is 10.2 Å². The number of hydrogen-bond donors (Lipinski definition) is 2. The summed E-state index contributed by atoms with van der Waals surface area (Å²) in [6.07, 6.45) is 0. The summed E-state index contributed by atoms with van der Waals surface area (Å²) in [6.45, 7) is 0.